The molecule has 0 amide bonds. The molecule has 0 aromatic heterocycles. The first-order valence-electron chi connectivity index (χ1n) is 3.02. The molecule has 1 rings (SSSR count). The van der Waals surface area contributed by atoms with Gasteiger partial charge in [-0.2, -0.15) is 24.3 Å². The number of rotatable bonds is 4. The van der Waals surface area contributed by atoms with Crippen LogP contribution in [0.15, 0.2) is 24.3 Å². The smallest absolute Gasteiger partial charge is 0.288 e. The van der Waals surface area contributed by atoms with Crippen molar-refractivity contribution in [3.05, 3.63) is 30.3 Å². The molecule has 5 heteroatoms. The van der Waals surface area contributed by atoms with E-state index in [9.17, 15) is 0 Å². The molecule has 0 saturated heterocycles. The third-order valence-corrected chi connectivity index (χ3v) is 1.17. The molecule has 12 heavy (non-hydrogen) atoms. The second-order valence-corrected chi connectivity index (χ2v) is 2.18. The van der Waals surface area contributed by atoms with E-state index in [1.807, 2.05) is 12.1 Å². The molecule has 0 fully saturated rings. The number of hydrogen-bond donors (Lipinski definition) is 1. The molecule has 0 aliphatic heterocycles. The fraction of sp³-hybridized carbons (Fsp3) is 0.143. The summed E-state index contributed by atoms with van der Waals surface area (Å²) in [4.78, 5) is 4.56. The molecule has 3 nitrogen and oxygen atoms in total. The summed E-state index contributed by atoms with van der Waals surface area (Å²) in [7, 11) is 0. The Labute approximate surface area is 98.2 Å². The summed E-state index contributed by atoms with van der Waals surface area (Å²) >= 11 is 1.13. The molecule has 0 radical (unpaired) electrons. The minimum Gasteiger partial charge on any atom is -0.288 e. The predicted molar refractivity (Wildman–Crippen MR) is 44.6 cm³/mol. The Hall–Kier alpha value is 0.290. The van der Waals surface area contributed by atoms with Gasteiger partial charge in [-0.3, -0.25) is 5.48 Å². The molecule has 1 aromatic carbocycles. The van der Waals surface area contributed by atoms with Crippen LogP contribution >= 0.6 is 12.0 Å². The molecule has 0 saturated carbocycles. The summed E-state index contributed by atoms with van der Waals surface area (Å²) in [5, 5.41) is 0. The first kappa shape index (κ1) is 12.3. The second-order valence-electron chi connectivity index (χ2n) is 1.71. The second kappa shape index (κ2) is 7.91. The van der Waals surface area contributed by atoms with Crippen LogP contribution in [0.5, 0.6) is 0 Å². The zero-order chi connectivity index (χ0) is 7.94. The van der Waals surface area contributed by atoms with Crippen LogP contribution in [-0.2, 0) is 9.32 Å². The number of nitrogens with one attached hydrogen (secondary N) is 1. The largest absolute Gasteiger partial charge is 1.00 e. The van der Waals surface area contributed by atoms with Gasteiger partial charge in [-0.15, -0.1) is 15.4 Å². The van der Waals surface area contributed by atoms with Gasteiger partial charge in [0.05, 0.1) is 0 Å². The van der Waals surface area contributed by atoms with Crippen molar-refractivity contribution in [1.82, 2.24) is 0 Å². The summed E-state index contributed by atoms with van der Waals surface area (Å²) in [5.74, 6) is 0. The molecule has 60 valence electrons. The van der Waals surface area contributed by atoms with Crippen molar-refractivity contribution in [1.29, 1.82) is 0 Å². The predicted octanol–water partition coefficient (Wildman–Crippen LogP) is -0.956. The van der Waals surface area contributed by atoms with Crippen molar-refractivity contribution in [3.63, 3.8) is 0 Å². The van der Waals surface area contributed by atoms with Crippen LogP contribution in [0.4, 0.5) is 5.69 Å². The summed E-state index contributed by atoms with van der Waals surface area (Å²) in [6, 6.07) is 10.1. The summed E-state index contributed by atoms with van der Waals surface area (Å²) in [6.45, 7) is 0. The van der Waals surface area contributed by atoms with E-state index in [0.717, 1.165) is 17.7 Å². The zero-order valence-electron chi connectivity index (χ0n) is 7.03. The van der Waals surface area contributed by atoms with Gasteiger partial charge in [0, 0.05) is 18.3 Å². The minimum absolute atomic E-state index is 0. The van der Waals surface area contributed by atoms with Crippen molar-refractivity contribution in [2.24, 2.45) is 0 Å². The molecule has 0 bridgehead atoms. The topological polar surface area (TPSA) is 30.5 Å². The van der Waals surface area contributed by atoms with E-state index in [0.29, 0.717) is 0 Å². The normalized spacial score (nSPS) is 8.75. The monoisotopic (exact) mass is 193 g/mol. The molecule has 1 N–H and O–H groups in total. The summed E-state index contributed by atoms with van der Waals surface area (Å²) in [5.41, 5.74) is 3.38. The van der Waals surface area contributed by atoms with Gasteiger partial charge < -0.3 is 0 Å². The van der Waals surface area contributed by atoms with Crippen LogP contribution in [0.3, 0.4) is 0 Å². The number of anilines is 1. The van der Waals surface area contributed by atoms with E-state index in [1.165, 1.54) is 0 Å². The van der Waals surface area contributed by atoms with Gasteiger partial charge in [0.1, 0.15) is 0 Å². The van der Waals surface area contributed by atoms with Crippen LogP contribution < -0.4 is 35.0 Å². The van der Waals surface area contributed by atoms with Crippen LogP contribution in [0.1, 0.15) is 0 Å². The van der Waals surface area contributed by atoms with Crippen molar-refractivity contribution in [2.75, 3.05) is 11.7 Å². The molecular weight excluding hydrogens is 185 g/mol. The molecule has 1 aromatic rings. The van der Waals surface area contributed by atoms with Gasteiger partial charge in [0.25, 0.3) is 0 Å². The molecule has 0 spiro atoms. The molecule has 0 atom stereocenters. The van der Waals surface area contributed by atoms with E-state index in [2.05, 4.69) is 20.9 Å². The summed E-state index contributed by atoms with van der Waals surface area (Å²) in [6.07, 6.45) is 1.76. The maximum Gasteiger partial charge on any atom is 1.00 e. The fourth-order valence-electron chi connectivity index (χ4n) is 0.556. The SMILES string of the molecule is CSOONc1c[c-]ccc1.[Na+]. The Morgan fingerprint density at radius 2 is 2.42 bits per heavy atom. The third kappa shape index (κ3) is 5.03. The fourth-order valence-corrected chi connectivity index (χ4v) is 0.658. The van der Waals surface area contributed by atoms with E-state index in [1.54, 1.807) is 18.4 Å². The van der Waals surface area contributed by atoms with Crippen LogP contribution in [0.2, 0.25) is 0 Å². The Kier molecular flexibility index (Phi) is 8.11. The van der Waals surface area contributed by atoms with E-state index < -0.39 is 0 Å². The molecule has 0 aliphatic rings. The quantitative estimate of drug-likeness (QED) is 0.167. The van der Waals surface area contributed by atoms with Gasteiger partial charge in [0.15, 0.2) is 0 Å². The average Bonchev–Trinajstić information content (AvgIpc) is 2.07. The van der Waals surface area contributed by atoms with Crippen LogP contribution in [-0.4, -0.2) is 6.26 Å². The van der Waals surface area contributed by atoms with Gasteiger partial charge in [-0.1, -0.05) is 0 Å². The Morgan fingerprint density at radius 1 is 1.58 bits per heavy atom. The first-order valence-corrected chi connectivity index (χ1v) is 4.17. The number of benzene rings is 1. The summed E-state index contributed by atoms with van der Waals surface area (Å²) < 4.78 is 4.53. The molecule has 0 unspecified atom stereocenters. The van der Waals surface area contributed by atoms with Crippen molar-refractivity contribution in [3.8, 4) is 0 Å². The van der Waals surface area contributed by atoms with E-state index in [-0.39, 0.29) is 29.6 Å². The standard InChI is InChI=1S/C7H8NO2S.Na/c1-11-10-9-8-7-5-3-2-4-6-7;/h2-3,5-6,8H,1H3;/q-1;+1. The first-order chi connectivity index (χ1) is 5.43. The Balaban J connectivity index is 0.00000121. The maximum absolute atomic E-state index is 4.56. The van der Waals surface area contributed by atoms with E-state index in [4.69, 9.17) is 0 Å². The van der Waals surface area contributed by atoms with Gasteiger partial charge in [-0.05, 0) is 5.69 Å². The average molecular weight is 193 g/mol. The van der Waals surface area contributed by atoms with Crippen LogP contribution in [0, 0.1) is 6.07 Å². The van der Waals surface area contributed by atoms with Gasteiger partial charge >= 0.3 is 29.6 Å². The van der Waals surface area contributed by atoms with Gasteiger partial charge in [-0.25, -0.2) is 0 Å². The molecule has 0 heterocycles. The Morgan fingerprint density at radius 3 is 3.00 bits per heavy atom. The Bertz CT molecular complexity index is 198. The van der Waals surface area contributed by atoms with Gasteiger partial charge in [0.2, 0.25) is 0 Å². The van der Waals surface area contributed by atoms with Crippen LogP contribution in [0.25, 0.3) is 0 Å². The molecule has 0 aliphatic carbocycles. The maximum atomic E-state index is 4.56. The van der Waals surface area contributed by atoms with Crippen molar-refractivity contribution >= 4 is 17.7 Å². The number of hydrogen-bond acceptors (Lipinski definition) is 4. The van der Waals surface area contributed by atoms with Crippen molar-refractivity contribution in [2.45, 2.75) is 0 Å². The zero-order valence-corrected chi connectivity index (χ0v) is 9.85. The molecular formula is C7H8NNaO2S. The minimum atomic E-state index is 0. The van der Waals surface area contributed by atoms with Crippen molar-refractivity contribution < 1.29 is 38.9 Å². The third-order valence-electron chi connectivity index (χ3n) is 0.969. The van der Waals surface area contributed by atoms with E-state index >= 15 is 0 Å².